The van der Waals surface area contributed by atoms with E-state index in [1.807, 2.05) is 25.1 Å². The molecule has 5 nitrogen and oxygen atoms in total. The normalized spacial score (nSPS) is 12.3. The summed E-state index contributed by atoms with van der Waals surface area (Å²) in [6.45, 7) is 9.61. The van der Waals surface area contributed by atoms with Gasteiger partial charge in [0.15, 0.2) is 11.5 Å². The number of amides is 1. The second-order valence-corrected chi connectivity index (χ2v) is 7.63. The minimum absolute atomic E-state index is 0.0657. The molecule has 0 fully saturated rings. The molecule has 2 aromatic carbocycles. The van der Waals surface area contributed by atoms with Gasteiger partial charge in [-0.2, -0.15) is 0 Å². The van der Waals surface area contributed by atoms with E-state index in [9.17, 15) is 4.79 Å². The molecule has 0 radical (unpaired) electrons. The molecular formula is C24H26N2O3. The van der Waals surface area contributed by atoms with Crippen LogP contribution in [0, 0.1) is 27.7 Å². The summed E-state index contributed by atoms with van der Waals surface area (Å²) in [5.74, 6) is 1.40. The quantitative estimate of drug-likeness (QED) is 0.701. The number of benzene rings is 2. The van der Waals surface area contributed by atoms with Crippen molar-refractivity contribution in [3.63, 3.8) is 0 Å². The molecule has 5 heteroatoms. The third-order valence-electron chi connectivity index (χ3n) is 5.66. The van der Waals surface area contributed by atoms with Gasteiger partial charge in [0.05, 0.1) is 0 Å². The molecule has 0 atom stereocenters. The highest BCUT2D eigenvalue weighted by Crippen LogP contribution is 2.32. The SMILES string of the molecule is Cc1cccc(Cn2c(C)c(C)c(C)c2C(=O)NCc2ccc3c(c2)OCO3)c1. The maximum Gasteiger partial charge on any atom is 0.268 e. The number of ether oxygens (including phenoxy) is 2. The van der Waals surface area contributed by atoms with E-state index in [0.29, 0.717) is 13.1 Å². The van der Waals surface area contributed by atoms with Gasteiger partial charge in [-0.15, -0.1) is 0 Å². The van der Waals surface area contributed by atoms with Gasteiger partial charge in [-0.1, -0.05) is 35.9 Å². The Morgan fingerprint density at radius 3 is 2.55 bits per heavy atom. The average molecular weight is 390 g/mol. The highest BCUT2D eigenvalue weighted by Gasteiger charge is 2.21. The second kappa shape index (κ2) is 7.66. The number of hydrogen-bond donors (Lipinski definition) is 1. The molecule has 1 N–H and O–H groups in total. The first-order valence-electron chi connectivity index (χ1n) is 9.82. The highest BCUT2D eigenvalue weighted by molar-refractivity contribution is 5.95. The maximum absolute atomic E-state index is 13.1. The molecule has 1 aliphatic heterocycles. The topological polar surface area (TPSA) is 52.5 Å². The standard InChI is InChI=1S/C24H26N2O3/c1-15-6-5-7-20(10-15)13-26-18(4)16(2)17(3)23(26)24(27)25-12-19-8-9-21-22(11-19)29-14-28-21/h5-11H,12-14H2,1-4H3,(H,25,27). The van der Waals surface area contributed by atoms with Gasteiger partial charge >= 0.3 is 0 Å². The molecular weight excluding hydrogens is 364 g/mol. The van der Waals surface area contributed by atoms with Crippen molar-refractivity contribution in [2.75, 3.05) is 6.79 Å². The van der Waals surface area contributed by atoms with Gasteiger partial charge in [-0.25, -0.2) is 0 Å². The van der Waals surface area contributed by atoms with Crippen LogP contribution in [0.5, 0.6) is 11.5 Å². The number of hydrogen-bond acceptors (Lipinski definition) is 3. The monoisotopic (exact) mass is 390 g/mol. The fraction of sp³-hybridized carbons (Fsp3) is 0.292. The third-order valence-corrected chi connectivity index (χ3v) is 5.66. The first kappa shape index (κ1) is 19.1. The van der Waals surface area contributed by atoms with Crippen molar-refractivity contribution in [3.8, 4) is 11.5 Å². The summed E-state index contributed by atoms with van der Waals surface area (Å²) in [5, 5.41) is 3.07. The summed E-state index contributed by atoms with van der Waals surface area (Å²) in [5.41, 5.74) is 7.41. The van der Waals surface area contributed by atoms with E-state index in [2.05, 4.69) is 54.9 Å². The van der Waals surface area contributed by atoms with E-state index < -0.39 is 0 Å². The van der Waals surface area contributed by atoms with Gasteiger partial charge in [0, 0.05) is 18.8 Å². The Hall–Kier alpha value is -3.21. The minimum Gasteiger partial charge on any atom is -0.454 e. The van der Waals surface area contributed by atoms with Crippen LogP contribution < -0.4 is 14.8 Å². The van der Waals surface area contributed by atoms with Crippen LogP contribution in [0.25, 0.3) is 0 Å². The molecule has 4 rings (SSSR count). The average Bonchev–Trinajstić information content (AvgIpc) is 3.25. The van der Waals surface area contributed by atoms with Gasteiger partial charge in [0.25, 0.3) is 5.91 Å². The zero-order chi connectivity index (χ0) is 20.5. The lowest BCUT2D eigenvalue weighted by molar-refractivity contribution is 0.0941. The summed E-state index contributed by atoms with van der Waals surface area (Å²) in [7, 11) is 0. The van der Waals surface area contributed by atoms with Crippen molar-refractivity contribution >= 4 is 5.91 Å². The van der Waals surface area contributed by atoms with Crippen molar-refractivity contribution in [3.05, 3.63) is 81.7 Å². The second-order valence-electron chi connectivity index (χ2n) is 7.63. The predicted octanol–water partition coefficient (Wildman–Crippen LogP) is 4.43. The highest BCUT2D eigenvalue weighted by atomic mass is 16.7. The number of nitrogens with one attached hydrogen (secondary N) is 1. The fourth-order valence-electron chi connectivity index (χ4n) is 3.82. The van der Waals surface area contributed by atoms with Gasteiger partial charge in [0.1, 0.15) is 5.69 Å². The minimum atomic E-state index is -0.0657. The largest absolute Gasteiger partial charge is 0.454 e. The molecule has 1 aromatic heterocycles. The van der Waals surface area contributed by atoms with Gasteiger partial charge in [-0.05, 0) is 62.1 Å². The van der Waals surface area contributed by atoms with Crippen LogP contribution in [0.15, 0.2) is 42.5 Å². The lowest BCUT2D eigenvalue weighted by Gasteiger charge is -2.14. The summed E-state index contributed by atoms with van der Waals surface area (Å²) < 4.78 is 12.9. The van der Waals surface area contributed by atoms with Crippen molar-refractivity contribution in [2.45, 2.75) is 40.8 Å². The van der Waals surface area contributed by atoms with E-state index in [0.717, 1.165) is 39.6 Å². The van der Waals surface area contributed by atoms with Crippen LogP contribution in [0.4, 0.5) is 0 Å². The Morgan fingerprint density at radius 1 is 0.966 bits per heavy atom. The van der Waals surface area contributed by atoms with Crippen LogP contribution in [-0.2, 0) is 13.1 Å². The molecule has 150 valence electrons. The number of aryl methyl sites for hydroxylation is 1. The molecule has 0 saturated heterocycles. The molecule has 0 unspecified atom stereocenters. The third kappa shape index (κ3) is 3.73. The molecule has 29 heavy (non-hydrogen) atoms. The van der Waals surface area contributed by atoms with Crippen LogP contribution >= 0.6 is 0 Å². The Labute approximate surface area is 171 Å². The molecule has 1 amide bonds. The predicted molar refractivity (Wildman–Crippen MR) is 113 cm³/mol. The number of nitrogens with zero attached hydrogens (tertiary/aromatic N) is 1. The van der Waals surface area contributed by atoms with Crippen molar-refractivity contribution < 1.29 is 14.3 Å². The Bertz CT molecular complexity index is 1080. The van der Waals surface area contributed by atoms with E-state index in [-0.39, 0.29) is 12.7 Å². The Balaban J connectivity index is 1.57. The van der Waals surface area contributed by atoms with Crippen LogP contribution in [-0.4, -0.2) is 17.3 Å². The lowest BCUT2D eigenvalue weighted by atomic mass is 10.1. The number of rotatable bonds is 5. The van der Waals surface area contributed by atoms with Crippen molar-refractivity contribution in [1.82, 2.24) is 9.88 Å². The smallest absolute Gasteiger partial charge is 0.268 e. The van der Waals surface area contributed by atoms with Crippen molar-refractivity contribution in [2.24, 2.45) is 0 Å². The first-order chi connectivity index (χ1) is 13.9. The maximum atomic E-state index is 13.1. The van der Waals surface area contributed by atoms with Crippen LogP contribution in [0.1, 0.15) is 44.0 Å². The number of carbonyl (C=O) groups excluding carboxylic acids is 1. The van der Waals surface area contributed by atoms with Gasteiger partial charge in [0.2, 0.25) is 6.79 Å². The molecule has 1 aliphatic rings. The van der Waals surface area contributed by atoms with Crippen molar-refractivity contribution in [1.29, 1.82) is 0 Å². The molecule has 0 saturated carbocycles. The summed E-state index contributed by atoms with van der Waals surface area (Å²) >= 11 is 0. The van der Waals surface area contributed by atoms with E-state index in [4.69, 9.17) is 9.47 Å². The summed E-state index contributed by atoms with van der Waals surface area (Å²) in [6.07, 6.45) is 0. The Kier molecular flexibility index (Phi) is 5.05. The van der Waals surface area contributed by atoms with Gasteiger partial charge in [-0.3, -0.25) is 4.79 Å². The Morgan fingerprint density at radius 2 is 1.76 bits per heavy atom. The zero-order valence-corrected chi connectivity index (χ0v) is 17.3. The van der Waals surface area contributed by atoms with Gasteiger partial charge < -0.3 is 19.4 Å². The summed E-state index contributed by atoms with van der Waals surface area (Å²) in [4.78, 5) is 13.1. The lowest BCUT2D eigenvalue weighted by Crippen LogP contribution is -2.26. The van der Waals surface area contributed by atoms with E-state index in [1.54, 1.807) is 0 Å². The number of carbonyl (C=O) groups is 1. The molecule has 3 aromatic rings. The molecule has 0 bridgehead atoms. The van der Waals surface area contributed by atoms with E-state index >= 15 is 0 Å². The number of aromatic nitrogens is 1. The van der Waals surface area contributed by atoms with Crippen LogP contribution in [0.2, 0.25) is 0 Å². The fourth-order valence-corrected chi connectivity index (χ4v) is 3.82. The molecule has 0 aliphatic carbocycles. The zero-order valence-electron chi connectivity index (χ0n) is 17.3. The van der Waals surface area contributed by atoms with E-state index in [1.165, 1.54) is 11.1 Å². The molecule has 2 heterocycles. The van der Waals surface area contributed by atoms with Crippen LogP contribution in [0.3, 0.4) is 0 Å². The number of fused-ring (bicyclic) bond motifs is 1. The first-order valence-corrected chi connectivity index (χ1v) is 9.82. The summed E-state index contributed by atoms with van der Waals surface area (Å²) in [6, 6.07) is 14.2. The molecule has 0 spiro atoms.